The molecule has 54 heavy (non-hydrogen) atoms. The molecule has 10 rings (SSSR count). The average molecular weight is 689 g/mol. The second-order valence-corrected chi connectivity index (χ2v) is 13.5. The number of hydrogen-bond donors (Lipinski definition) is 0. The molecule has 0 amide bonds. The van der Waals surface area contributed by atoms with Crippen LogP contribution in [-0.4, -0.2) is 19.9 Å². The fourth-order valence-corrected chi connectivity index (χ4v) is 7.33. The molecule has 2 heterocycles. The Morgan fingerprint density at radius 1 is 0.222 bits per heavy atom. The molecule has 4 nitrogen and oxygen atoms in total. The zero-order valence-corrected chi connectivity index (χ0v) is 29.3. The van der Waals surface area contributed by atoms with Crippen molar-refractivity contribution < 1.29 is 0 Å². The molecule has 0 aliphatic carbocycles. The van der Waals surface area contributed by atoms with Crippen LogP contribution in [0.4, 0.5) is 0 Å². The first-order chi connectivity index (χ1) is 26.7. The molecule has 10 aromatic rings. The van der Waals surface area contributed by atoms with Crippen molar-refractivity contribution in [2.45, 2.75) is 0 Å². The van der Waals surface area contributed by atoms with E-state index in [4.69, 9.17) is 19.9 Å². The molecule has 2 aromatic heterocycles. The predicted molar refractivity (Wildman–Crippen MR) is 223 cm³/mol. The summed E-state index contributed by atoms with van der Waals surface area (Å²) in [7, 11) is 0. The third kappa shape index (κ3) is 5.76. The molecule has 0 radical (unpaired) electrons. The van der Waals surface area contributed by atoms with Crippen LogP contribution < -0.4 is 0 Å². The molecule has 0 saturated heterocycles. The van der Waals surface area contributed by atoms with E-state index in [1.807, 2.05) is 12.1 Å². The summed E-state index contributed by atoms with van der Waals surface area (Å²) in [5.41, 5.74) is 10.4. The van der Waals surface area contributed by atoms with Crippen molar-refractivity contribution in [3.8, 4) is 67.7 Å². The van der Waals surface area contributed by atoms with Gasteiger partial charge in [0.05, 0.1) is 11.2 Å². The highest BCUT2D eigenvalue weighted by molar-refractivity contribution is 6.18. The number of nitrogens with zero attached hydrogens (tertiary/aromatic N) is 4. The standard InChI is InChI=1S/C50H32N4/c1-3-11-33(12-4-1)35-19-25-39(26-20-35)48-52-49(40-27-21-36(22-28-40)34-13-5-2-6-14-34)54-50(53-48)41-29-23-38(24-30-41)46-44-18-10-9-17-43(44)45-32-31-37-15-7-8-16-42(37)47(45)51-46/h1-32H. The Morgan fingerprint density at radius 3 is 1.13 bits per heavy atom. The van der Waals surface area contributed by atoms with E-state index in [0.29, 0.717) is 17.5 Å². The van der Waals surface area contributed by atoms with E-state index in [9.17, 15) is 0 Å². The number of aromatic nitrogens is 4. The van der Waals surface area contributed by atoms with E-state index in [1.165, 1.54) is 21.9 Å². The number of fused-ring (bicyclic) bond motifs is 5. The SMILES string of the molecule is c1ccc(-c2ccc(-c3nc(-c4ccc(-c5ccccc5)cc4)nc(-c4ccc(-c5nc6c7ccccc7ccc6c6ccccc56)cc4)n3)cc2)cc1. The van der Waals surface area contributed by atoms with Crippen molar-refractivity contribution in [1.82, 2.24) is 19.9 Å². The first kappa shape index (κ1) is 31.4. The smallest absolute Gasteiger partial charge is 0.164 e. The minimum absolute atomic E-state index is 0.614. The summed E-state index contributed by atoms with van der Waals surface area (Å²) in [5.74, 6) is 1.86. The van der Waals surface area contributed by atoms with Gasteiger partial charge in [0.1, 0.15) is 0 Å². The van der Waals surface area contributed by atoms with Gasteiger partial charge in [-0.15, -0.1) is 0 Å². The second-order valence-electron chi connectivity index (χ2n) is 13.5. The Balaban J connectivity index is 1.07. The highest BCUT2D eigenvalue weighted by Gasteiger charge is 2.16. The number of hydrogen-bond acceptors (Lipinski definition) is 4. The summed E-state index contributed by atoms with van der Waals surface area (Å²) in [6.07, 6.45) is 0. The number of pyridine rings is 1. The molecule has 4 heteroatoms. The van der Waals surface area contributed by atoms with E-state index >= 15 is 0 Å². The molecule has 0 fully saturated rings. The van der Waals surface area contributed by atoms with Crippen LogP contribution in [0.15, 0.2) is 194 Å². The molecule has 0 spiro atoms. The average Bonchev–Trinajstić information content (AvgIpc) is 3.26. The fraction of sp³-hybridized carbons (Fsp3) is 0. The molecule has 0 atom stereocenters. The minimum atomic E-state index is 0.614. The van der Waals surface area contributed by atoms with Gasteiger partial charge in [-0.3, -0.25) is 0 Å². The third-order valence-electron chi connectivity index (χ3n) is 10.1. The second kappa shape index (κ2) is 13.4. The van der Waals surface area contributed by atoms with Crippen LogP contribution >= 0.6 is 0 Å². The largest absolute Gasteiger partial charge is 0.246 e. The lowest BCUT2D eigenvalue weighted by atomic mass is 9.97. The monoisotopic (exact) mass is 688 g/mol. The first-order valence-corrected chi connectivity index (χ1v) is 18.1. The predicted octanol–water partition coefficient (Wildman–Crippen LogP) is 12.7. The number of benzene rings is 8. The van der Waals surface area contributed by atoms with Gasteiger partial charge in [0, 0.05) is 38.4 Å². The minimum Gasteiger partial charge on any atom is -0.246 e. The van der Waals surface area contributed by atoms with Gasteiger partial charge in [-0.25, -0.2) is 19.9 Å². The molecule has 0 saturated carbocycles. The van der Waals surface area contributed by atoms with Crippen LogP contribution in [0.5, 0.6) is 0 Å². The number of rotatable bonds is 6. The Kier molecular flexibility index (Phi) is 7.77. The lowest BCUT2D eigenvalue weighted by molar-refractivity contribution is 1.07. The maximum atomic E-state index is 5.33. The summed E-state index contributed by atoms with van der Waals surface area (Å²) in [6.45, 7) is 0. The molecule has 0 N–H and O–H groups in total. The molecule has 252 valence electrons. The van der Waals surface area contributed by atoms with E-state index in [2.05, 4.69) is 182 Å². The normalized spacial score (nSPS) is 11.3. The summed E-state index contributed by atoms with van der Waals surface area (Å²) >= 11 is 0. The van der Waals surface area contributed by atoms with Gasteiger partial charge in [-0.1, -0.05) is 194 Å². The van der Waals surface area contributed by atoms with Crippen molar-refractivity contribution in [2.75, 3.05) is 0 Å². The summed E-state index contributed by atoms with van der Waals surface area (Å²) < 4.78 is 0. The van der Waals surface area contributed by atoms with Gasteiger partial charge in [0.15, 0.2) is 17.5 Å². The van der Waals surface area contributed by atoms with Crippen LogP contribution in [0.1, 0.15) is 0 Å². The topological polar surface area (TPSA) is 51.6 Å². The lowest BCUT2D eigenvalue weighted by Gasteiger charge is -2.13. The first-order valence-electron chi connectivity index (χ1n) is 18.1. The van der Waals surface area contributed by atoms with E-state index in [1.54, 1.807) is 0 Å². The quantitative estimate of drug-likeness (QED) is 0.163. The summed E-state index contributed by atoms with van der Waals surface area (Å²) in [6, 6.07) is 67.5. The van der Waals surface area contributed by atoms with Crippen molar-refractivity contribution >= 4 is 32.4 Å². The molecule has 0 aliphatic heterocycles. The van der Waals surface area contributed by atoms with Crippen LogP contribution in [0.2, 0.25) is 0 Å². The van der Waals surface area contributed by atoms with Crippen molar-refractivity contribution in [2.24, 2.45) is 0 Å². The van der Waals surface area contributed by atoms with Crippen LogP contribution in [0, 0.1) is 0 Å². The van der Waals surface area contributed by atoms with Crippen molar-refractivity contribution in [1.29, 1.82) is 0 Å². The van der Waals surface area contributed by atoms with E-state index < -0.39 is 0 Å². The fourth-order valence-electron chi connectivity index (χ4n) is 7.33. The van der Waals surface area contributed by atoms with Crippen LogP contribution in [0.3, 0.4) is 0 Å². The maximum absolute atomic E-state index is 5.33. The molecule has 8 aromatic carbocycles. The lowest BCUT2D eigenvalue weighted by Crippen LogP contribution is -2.00. The molecule has 0 bridgehead atoms. The van der Waals surface area contributed by atoms with E-state index in [0.717, 1.165) is 60.8 Å². The Hall–Kier alpha value is -7.30. The van der Waals surface area contributed by atoms with Crippen molar-refractivity contribution in [3.05, 3.63) is 194 Å². The van der Waals surface area contributed by atoms with E-state index in [-0.39, 0.29) is 0 Å². The van der Waals surface area contributed by atoms with Gasteiger partial charge in [-0.05, 0) is 33.0 Å². The Bertz CT molecular complexity index is 2840. The van der Waals surface area contributed by atoms with Gasteiger partial charge in [0.2, 0.25) is 0 Å². The van der Waals surface area contributed by atoms with Gasteiger partial charge in [-0.2, -0.15) is 0 Å². The molecular formula is C50H32N4. The maximum Gasteiger partial charge on any atom is 0.164 e. The molecular weight excluding hydrogens is 657 g/mol. The highest BCUT2D eigenvalue weighted by atomic mass is 15.0. The van der Waals surface area contributed by atoms with Gasteiger partial charge >= 0.3 is 0 Å². The molecule has 0 unspecified atom stereocenters. The molecule has 0 aliphatic rings. The van der Waals surface area contributed by atoms with Gasteiger partial charge in [0.25, 0.3) is 0 Å². The Morgan fingerprint density at radius 2 is 0.611 bits per heavy atom. The van der Waals surface area contributed by atoms with Crippen LogP contribution in [0.25, 0.3) is 100 Å². The Labute approximate surface area is 313 Å². The third-order valence-corrected chi connectivity index (χ3v) is 10.1. The summed E-state index contributed by atoms with van der Waals surface area (Å²) in [4.78, 5) is 20.5. The van der Waals surface area contributed by atoms with Gasteiger partial charge < -0.3 is 0 Å². The highest BCUT2D eigenvalue weighted by Crippen LogP contribution is 2.36. The zero-order chi connectivity index (χ0) is 35.8. The van der Waals surface area contributed by atoms with Crippen molar-refractivity contribution in [3.63, 3.8) is 0 Å². The zero-order valence-electron chi connectivity index (χ0n) is 29.3. The summed E-state index contributed by atoms with van der Waals surface area (Å²) in [5, 5.41) is 5.80. The van der Waals surface area contributed by atoms with Crippen LogP contribution in [-0.2, 0) is 0 Å².